The van der Waals surface area contributed by atoms with Gasteiger partial charge in [0.2, 0.25) is 0 Å². The molecule has 2 saturated heterocycles. The zero-order valence-electron chi connectivity index (χ0n) is 10.9. The fourth-order valence-corrected chi connectivity index (χ4v) is 3.42. The van der Waals surface area contributed by atoms with Crippen LogP contribution in [0.1, 0.15) is 32.1 Å². The summed E-state index contributed by atoms with van der Waals surface area (Å²) in [6.07, 6.45) is 5.81. The molecule has 3 rings (SSSR count). The zero-order valence-corrected chi connectivity index (χ0v) is 10.9. The molecule has 102 valence electrons. The van der Waals surface area contributed by atoms with Crippen LogP contribution in [0.25, 0.3) is 0 Å². The highest BCUT2D eigenvalue weighted by molar-refractivity contribution is 5.82. The summed E-state index contributed by atoms with van der Waals surface area (Å²) in [5, 5.41) is 7.52. The molecule has 0 aromatic rings. The number of nitrogens with zero attached hydrogens (tertiary/aromatic N) is 1. The molecule has 0 amide bonds. The minimum absolute atomic E-state index is 0.158. The molecule has 0 aromatic carbocycles. The Labute approximate surface area is 108 Å². The molecular formula is C13H23N3O2. The van der Waals surface area contributed by atoms with Crippen molar-refractivity contribution in [2.24, 2.45) is 5.73 Å². The number of rotatable bonds is 2. The second-order valence-corrected chi connectivity index (χ2v) is 5.84. The van der Waals surface area contributed by atoms with Crippen molar-refractivity contribution in [2.75, 3.05) is 26.3 Å². The maximum atomic E-state index is 7.52. The molecule has 2 aliphatic heterocycles. The summed E-state index contributed by atoms with van der Waals surface area (Å²) in [7, 11) is 0. The van der Waals surface area contributed by atoms with Gasteiger partial charge in [0.05, 0.1) is 12.2 Å². The van der Waals surface area contributed by atoms with Crippen molar-refractivity contribution in [2.45, 2.75) is 49.9 Å². The van der Waals surface area contributed by atoms with Crippen LogP contribution >= 0.6 is 0 Å². The Morgan fingerprint density at radius 2 is 2.17 bits per heavy atom. The van der Waals surface area contributed by atoms with Crippen molar-refractivity contribution < 1.29 is 9.47 Å². The van der Waals surface area contributed by atoms with Gasteiger partial charge in [0, 0.05) is 25.7 Å². The molecule has 18 heavy (non-hydrogen) atoms. The Kier molecular flexibility index (Phi) is 3.30. The van der Waals surface area contributed by atoms with Crippen molar-refractivity contribution in [1.29, 1.82) is 5.41 Å². The van der Waals surface area contributed by atoms with E-state index in [0.717, 1.165) is 32.5 Å². The van der Waals surface area contributed by atoms with Crippen LogP contribution in [0.3, 0.4) is 0 Å². The first-order chi connectivity index (χ1) is 8.69. The van der Waals surface area contributed by atoms with Crippen LogP contribution in [0.5, 0.6) is 0 Å². The fourth-order valence-electron chi connectivity index (χ4n) is 3.42. The van der Waals surface area contributed by atoms with Gasteiger partial charge in [-0.2, -0.15) is 0 Å². The van der Waals surface area contributed by atoms with E-state index >= 15 is 0 Å². The second kappa shape index (κ2) is 4.79. The maximum Gasteiger partial charge on any atom is 0.127 e. The molecule has 1 saturated carbocycles. The number of amidine groups is 1. The molecular weight excluding hydrogens is 230 g/mol. The SMILES string of the molecule is N=C(N)C1CN(C2CCOC3(CCC3)C2)CCO1. The van der Waals surface area contributed by atoms with Crippen molar-refractivity contribution in [3.63, 3.8) is 0 Å². The van der Waals surface area contributed by atoms with Crippen molar-refractivity contribution >= 4 is 5.84 Å². The Morgan fingerprint density at radius 3 is 2.83 bits per heavy atom. The minimum atomic E-state index is -0.209. The van der Waals surface area contributed by atoms with E-state index in [9.17, 15) is 0 Å². The van der Waals surface area contributed by atoms with Crippen LogP contribution in [-0.2, 0) is 9.47 Å². The van der Waals surface area contributed by atoms with Gasteiger partial charge in [-0.3, -0.25) is 10.3 Å². The Bertz CT molecular complexity index is 330. The van der Waals surface area contributed by atoms with E-state index in [1.807, 2.05) is 0 Å². The number of hydrogen-bond acceptors (Lipinski definition) is 4. The van der Waals surface area contributed by atoms with E-state index in [1.165, 1.54) is 19.3 Å². The van der Waals surface area contributed by atoms with E-state index < -0.39 is 0 Å². The van der Waals surface area contributed by atoms with Gasteiger partial charge in [0.25, 0.3) is 0 Å². The Balaban J connectivity index is 1.61. The third-order valence-corrected chi connectivity index (χ3v) is 4.69. The summed E-state index contributed by atoms with van der Waals surface area (Å²) in [4.78, 5) is 2.46. The molecule has 2 heterocycles. The molecule has 1 aliphatic carbocycles. The van der Waals surface area contributed by atoms with E-state index in [4.69, 9.17) is 20.6 Å². The van der Waals surface area contributed by atoms with E-state index in [2.05, 4.69) is 4.90 Å². The first kappa shape index (κ1) is 12.4. The molecule has 0 aromatic heterocycles. The first-order valence-corrected chi connectivity index (χ1v) is 7.02. The smallest absolute Gasteiger partial charge is 0.127 e. The van der Waals surface area contributed by atoms with Crippen LogP contribution < -0.4 is 5.73 Å². The standard InChI is InChI=1S/C13H23N3O2/c14-12(15)11-9-16(5-7-17-11)10-2-6-18-13(8-10)3-1-4-13/h10-11H,1-9H2,(H3,14,15). The van der Waals surface area contributed by atoms with Gasteiger partial charge < -0.3 is 15.2 Å². The number of hydrogen-bond donors (Lipinski definition) is 2. The minimum Gasteiger partial charge on any atom is -0.385 e. The topological polar surface area (TPSA) is 71.6 Å². The summed E-state index contributed by atoms with van der Waals surface area (Å²) in [6.45, 7) is 3.31. The van der Waals surface area contributed by atoms with Crippen molar-refractivity contribution in [1.82, 2.24) is 4.90 Å². The first-order valence-electron chi connectivity index (χ1n) is 7.02. The quantitative estimate of drug-likeness (QED) is 0.562. The van der Waals surface area contributed by atoms with Crippen LogP contribution in [0.4, 0.5) is 0 Å². The van der Waals surface area contributed by atoms with Gasteiger partial charge in [0.15, 0.2) is 0 Å². The maximum absolute atomic E-state index is 7.52. The Hall–Kier alpha value is -0.650. The molecule has 3 aliphatic rings. The second-order valence-electron chi connectivity index (χ2n) is 5.84. The lowest BCUT2D eigenvalue weighted by Crippen LogP contribution is -2.57. The lowest BCUT2D eigenvalue weighted by Gasteiger charge is -2.50. The number of nitrogens with one attached hydrogen (secondary N) is 1. The average molecular weight is 253 g/mol. The summed E-state index contributed by atoms with van der Waals surface area (Å²) < 4.78 is 11.5. The van der Waals surface area contributed by atoms with Crippen LogP contribution in [0.2, 0.25) is 0 Å². The molecule has 5 nitrogen and oxygen atoms in total. The Morgan fingerprint density at radius 1 is 1.33 bits per heavy atom. The zero-order chi connectivity index (χ0) is 12.6. The lowest BCUT2D eigenvalue weighted by molar-refractivity contribution is -0.155. The highest BCUT2D eigenvalue weighted by Gasteiger charge is 2.44. The van der Waals surface area contributed by atoms with E-state index in [0.29, 0.717) is 12.6 Å². The van der Waals surface area contributed by atoms with Crippen LogP contribution in [0.15, 0.2) is 0 Å². The number of morpholine rings is 1. The van der Waals surface area contributed by atoms with Gasteiger partial charge in [-0.15, -0.1) is 0 Å². The molecule has 2 unspecified atom stereocenters. The molecule has 0 radical (unpaired) electrons. The fraction of sp³-hybridized carbons (Fsp3) is 0.923. The molecule has 3 N–H and O–H groups in total. The molecule has 1 spiro atoms. The highest BCUT2D eigenvalue weighted by Crippen LogP contribution is 2.43. The van der Waals surface area contributed by atoms with Crippen LogP contribution in [0, 0.1) is 5.41 Å². The summed E-state index contributed by atoms with van der Waals surface area (Å²) in [6, 6.07) is 0.588. The molecule has 3 fully saturated rings. The van der Waals surface area contributed by atoms with Gasteiger partial charge in [-0.25, -0.2) is 0 Å². The van der Waals surface area contributed by atoms with Gasteiger partial charge in [-0.1, -0.05) is 0 Å². The number of ether oxygens (including phenoxy) is 2. The number of nitrogens with two attached hydrogens (primary N) is 1. The van der Waals surface area contributed by atoms with E-state index in [1.54, 1.807) is 0 Å². The largest absolute Gasteiger partial charge is 0.385 e. The van der Waals surface area contributed by atoms with Crippen molar-refractivity contribution in [3.8, 4) is 0 Å². The molecule has 5 heteroatoms. The van der Waals surface area contributed by atoms with Crippen molar-refractivity contribution in [3.05, 3.63) is 0 Å². The molecule has 0 bridgehead atoms. The predicted molar refractivity (Wildman–Crippen MR) is 68.8 cm³/mol. The van der Waals surface area contributed by atoms with Gasteiger partial charge >= 0.3 is 0 Å². The summed E-state index contributed by atoms with van der Waals surface area (Å²) in [5.41, 5.74) is 5.74. The van der Waals surface area contributed by atoms with Crippen LogP contribution in [-0.4, -0.2) is 54.8 Å². The van der Waals surface area contributed by atoms with Gasteiger partial charge in [0.1, 0.15) is 11.9 Å². The molecule has 2 atom stereocenters. The third kappa shape index (κ3) is 2.27. The lowest BCUT2D eigenvalue weighted by atomic mass is 9.73. The monoisotopic (exact) mass is 253 g/mol. The normalized spacial score (nSPS) is 36.2. The summed E-state index contributed by atoms with van der Waals surface area (Å²) in [5.74, 6) is 0.158. The van der Waals surface area contributed by atoms with E-state index in [-0.39, 0.29) is 17.5 Å². The predicted octanol–water partition coefficient (Wildman–Crippen LogP) is 0.725. The average Bonchev–Trinajstić information content (AvgIpc) is 2.37. The third-order valence-electron chi connectivity index (χ3n) is 4.69. The highest BCUT2D eigenvalue weighted by atomic mass is 16.5. The summed E-state index contributed by atoms with van der Waals surface area (Å²) >= 11 is 0. The van der Waals surface area contributed by atoms with Gasteiger partial charge in [-0.05, 0) is 32.1 Å².